The fraction of sp³-hybridized carbons (Fsp3) is 0.200. The summed E-state index contributed by atoms with van der Waals surface area (Å²) < 4.78 is 6.29. The zero-order chi connectivity index (χ0) is 13.8. The van der Waals surface area contributed by atoms with E-state index in [1.54, 1.807) is 7.11 Å². The number of ether oxygens (including phenoxy) is 1. The third-order valence-corrected chi connectivity index (χ3v) is 3.56. The number of rotatable bonds is 4. The number of para-hydroxylation sites is 1. The van der Waals surface area contributed by atoms with Gasteiger partial charge < -0.3 is 15.8 Å². The maximum Gasteiger partial charge on any atom is 0.143 e. The van der Waals surface area contributed by atoms with E-state index in [0.29, 0.717) is 11.4 Å². The predicted octanol–water partition coefficient (Wildman–Crippen LogP) is 4.21. The number of nitrogen functional groups attached to an aromatic ring is 1. The minimum absolute atomic E-state index is 0.169. The standard InChI is InChI=1S/C15H17BrN2O/c1-10(11-6-8-12(16)9-7-11)18-13-4-3-5-14(19-2)15(13)17/h3-10,18H,17H2,1-2H3. The average Bonchev–Trinajstić information content (AvgIpc) is 2.42. The van der Waals surface area contributed by atoms with Crippen LogP contribution < -0.4 is 15.8 Å². The molecular weight excluding hydrogens is 304 g/mol. The van der Waals surface area contributed by atoms with E-state index in [1.807, 2.05) is 30.3 Å². The molecule has 1 unspecified atom stereocenters. The van der Waals surface area contributed by atoms with Crippen molar-refractivity contribution in [3.63, 3.8) is 0 Å². The van der Waals surface area contributed by atoms with Crippen LogP contribution in [-0.4, -0.2) is 7.11 Å². The average molecular weight is 321 g/mol. The monoisotopic (exact) mass is 320 g/mol. The van der Waals surface area contributed by atoms with Gasteiger partial charge in [0.15, 0.2) is 0 Å². The molecule has 0 saturated carbocycles. The van der Waals surface area contributed by atoms with Gasteiger partial charge in [-0.15, -0.1) is 0 Å². The molecule has 2 aromatic rings. The van der Waals surface area contributed by atoms with Gasteiger partial charge in [-0.3, -0.25) is 0 Å². The van der Waals surface area contributed by atoms with Crippen molar-refractivity contribution >= 4 is 27.3 Å². The molecule has 2 rings (SSSR count). The highest BCUT2D eigenvalue weighted by atomic mass is 79.9. The highest BCUT2D eigenvalue weighted by Crippen LogP contribution is 2.31. The van der Waals surface area contributed by atoms with Crippen molar-refractivity contribution in [2.45, 2.75) is 13.0 Å². The van der Waals surface area contributed by atoms with Crippen LogP contribution in [0.5, 0.6) is 5.75 Å². The second-order valence-corrected chi connectivity index (χ2v) is 5.25. The van der Waals surface area contributed by atoms with E-state index >= 15 is 0 Å². The molecule has 2 aromatic carbocycles. The number of halogens is 1. The molecule has 100 valence electrons. The summed E-state index contributed by atoms with van der Waals surface area (Å²) in [6, 6.07) is 14.1. The van der Waals surface area contributed by atoms with Crippen LogP contribution in [0, 0.1) is 0 Å². The lowest BCUT2D eigenvalue weighted by atomic mass is 10.1. The van der Waals surface area contributed by atoms with Crippen molar-refractivity contribution in [2.75, 3.05) is 18.2 Å². The molecule has 0 spiro atoms. The third kappa shape index (κ3) is 3.20. The lowest BCUT2D eigenvalue weighted by Crippen LogP contribution is -2.08. The van der Waals surface area contributed by atoms with Crippen molar-refractivity contribution in [1.82, 2.24) is 0 Å². The van der Waals surface area contributed by atoms with E-state index < -0.39 is 0 Å². The van der Waals surface area contributed by atoms with Gasteiger partial charge >= 0.3 is 0 Å². The summed E-state index contributed by atoms with van der Waals surface area (Å²) in [5.74, 6) is 0.688. The molecule has 1 atom stereocenters. The maximum absolute atomic E-state index is 6.05. The second-order valence-electron chi connectivity index (χ2n) is 4.34. The fourth-order valence-electron chi connectivity index (χ4n) is 1.92. The number of methoxy groups -OCH3 is 1. The normalized spacial score (nSPS) is 11.9. The van der Waals surface area contributed by atoms with Gasteiger partial charge in [-0.25, -0.2) is 0 Å². The van der Waals surface area contributed by atoms with Gasteiger partial charge in [0.2, 0.25) is 0 Å². The van der Waals surface area contributed by atoms with Gasteiger partial charge in [-0.2, -0.15) is 0 Å². The van der Waals surface area contributed by atoms with Crippen LogP contribution >= 0.6 is 15.9 Å². The minimum Gasteiger partial charge on any atom is -0.495 e. The van der Waals surface area contributed by atoms with E-state index in [1.165, 1.54) is 5.56 Å². The van der Waals surface area contributed by atoms with E-state index in [2.05, 4.69) is 40.3 Å². The molecule has 0 aliphatic rings. The quantitative estimate of drug-likeness (QED) is 0.829. The Labute approximate surface area is 121 Å². The smallest absolute Gasteiger partial charge is 0.143 e. The van der Waals surface area contributed by atoms with Crippen LogP contribution in [0.1, 0.15) is 18.5 Å². The van der Waals surface area contributed by atoms with Gasteiger partial charge in [0, 0.05) is 10.5 Å². The molecule has 0 saturated heterocycles. The zero-order valence-electron chi connectivity index (χ0n) is 11.0. The molecule has 0 aliphatic heterocycles. The van der Waals surface area contributed by atoms with E-state index in [-0.39, 0.29) is 6.04 Å². The number of nitrogens with two attached hydrogens (primary N) is 1. The summed E-state index contributed by atoms with van der Waals surface area (Å²) in [5, 5.41) is 3.40. The predicted molar refractivity (Wildman–Crippen MR) is 83.6 cm³/mol. The van der Waals surface area contributed by atoms with Crippen LogP contribution in [0.25, 0.3) is 0 Å². The van der Waals surface area contributed by atoms with Crippen LogP contribution in [0.4, 0.5) is 11.4 Å². The number of hydrogen-bond acceptors (Lipinski definition) is 3. The molecule has 3 nitrogen and oxygen atoms in total. The molecule has 0 bridgehead atoms. The van der Waals surface area contributed by atoms with E-state index in [4.69, 9.17) is 10.5 Å². The second kappa shape index (κ2) is 5.97. The highest BCUT2D eigenvalue weighted by molar-refractivity contribution is 9.10. The lowest BCUT2D eigenvalue weighted by molar-refractivity contribution is 0.417. The Morgan fingerprint density at radius 2 is 1.84 bits per heavy atom. The first-order valence-electron chi connectivity index (χ1n) is 6.06. The molecule has 0 heterocycles. The van der Waals surface area contributed by atoms with Crippen molar-refractivity contribution in [3.05, 3.63) is 52.5 Å². The highest BCUT2D eigenvalue weighted by Gasteiger charge is 2.09. The van der Waals surface area contributed by atoms with E-state index in [9.17, 15) is 0 Å². The Kier molecular flexibility index (Phi) is 4.32. The van der Waals surface area contributed by atoms with Gasteiger partial charge in [-0.1, -0.05) is 34.1 Å². The molecule has 0 amide bonds. The van der Waals surface area contributed by atoms with Crippen molar-refractivity contribution in [1.29, 1.82) is 0 Å². The van der Waals surface area contributed by atoms with Crippen LogP contribution in [0.3, 0.4) is 0 Å². The summed E-state index contributed by atoms with van der Waals surface area (Å²) in [6.45, 7) is 2.10. The summed E-state index contributed by atoms with van der Waals surface area (Å²) >= 11 is 3.43. The maximum atomic E-state index is 6.05. The first kappa shape index (κ1) is 13.7. The molecule has 4 heteroatoms. The fourth-order valence-corrected chi connectivity index (χ4v) is 2.18. The van der Waals surface area contributed by atoms with Crippen LogP contribution in [0.15, 0.2) is 46.9 Å². The van der Waals surface area contributed by atoms with Crippen LogP contribution in [0.2, 0.25) is 0 Å². The number of anilines is 2. The van der Waals surface area contributed by atoms with Gasteiger partial charge in [-0.05, 0) is 36.8 Å². The minimum atomic E-state index is 0.169. The Morgan fingerprint density at radius 1 is 1.16 bits per heavy atom. The van der Waals surface area contributed by atoms with Gasteiger partial charge in [0.1, 0.15) is 5.75 Å². The zero-order valence-corrected chi connectivity index (χ0v) is 12.6. The lowest BCUT2D eigenvalue weighted by Gasteiger charge is -2.18. The molecule has 0 aliphatic carbocycles. The van der Waals surface area contributed by atoms with Gasteiger partial charge in [0.05, 0.1) is 18.5 Å². The molecule has 0 fully saturated rings. The number of benzene rings is 2. The SMILES string of the molecule is COc1cccc(NC(C)c2ccc(Br)cc2)c1N. The first-order chi connectivity index (χ1) is 9.11. The van der Waals surface area contributed by atoms with E-state index in [0.717, 1.165) is 10.2 Å². The van der Waals surface area contributed by atoms with Crippen molar-refractivity contribution in [2.24, 2.45) is 0 Å². The van der Waals surface area contributed by atoms with Gasteiger partial charge in [0.25, 0.3) is 0 Å². The number of hydrogen-bond donors (Lipinski definition) is 2. The van der Waals surface area contributed by atoms with Crippen molar-refractivity contribution < 1.29 is 4.74 Å². The topological polar surface area (TPSA) is 47.3 Å². The largest absolute Gasteiger partial charge is 0.495 e. The summed E-state index contributed by atoms with van der Waals surface area (Å²) in [7, 11) is 1.62. The summed E-state index contributed by atoms with van der Waals surface area (Å²) in [5.41, 5.74) is 8.77. The van der Waals surface area contributed by atoms with Crippen molar-refractivity contribution in [3.8, 4) is 5.75 Å². The summed E-state index contributed by atoms with van der Waals surface area (Å²) in [6.07, 6.45) is 0. The Morgan fingerprint density at radius 3 is 2.47 bits per heavy atom. The van der Waals surface area contributed by atoms with Crippen LogP contribution in [-0.2, 0) is 0 Å². The number of nitrogens with one attached hydrogen (secondary N) is 1. The molecule has 0 radical (unpaired) electrons. The Bertz CT molecular complexity index is 555. The molecular formula is C15H17BrN2O. The third-order valence-electron chi connectivity index (χ3n) is 3.03. The Balaban J connectivity index is 2.19. The Hall–Kier alpha value is -1.68. The molecule has 3 N–H and O–H groups in total. The first-order valence-corrected chi connectivity index (χ1v) is 6.85. The molecule has 0 aromatic heterocycles. The molecule has 19 heavy (non-hydrogen) atoms. The summed E-state index contributed by atoms with van der Waals surface area (Å²) in [4.78, 5) is 0.